The Balaban J connectivity index is 5.09. The lowest BCUT2D eigenvalue weighted by atomic mass is 10.3. The number of methoxy groups -OCH3 is 2. The molecule has 32 heavy (non-hydrogen) atoms. The van der Waals surface area contributed by atoms with Gasteiger partial charge in [-0.3, -0.25) is 4.90 Å². The number of hydrogen-bond acceptors (Lipinski definition) is 11. The van der Waals surface area contributed by atoms with Gasteiger partial charge in [-0.15, -0.1) is 0 Å². The molecule has 0 aliphatic heterocycles. The van der Waals surface area contributed by atoms with E-state index in [2.05, 4.69) is 4.74 Å². The predicted molar refractivity (Wildman–Crippen MR) is 113 cm³/mol. The van der Waals surface area contributed by atoms with Crippen molar-refractivity contribution in [2.45, 2.75) is 20.0 Å². The Morgan fingerprint density at radius 1 is 0.719 bits per heavy atom. The fourth-order valence-electron chi connectivity index (χ4n) is 2.23. The van der Waals surface area contributed by atoms with Crippen molar-refractivity contribution in [3.63, 3.8) is 0 Å². The number of carbonyl (C=O) groups excluding carboxylic acids is 4. The van der Waals surface area contributed by atoms with Gasteiger partial charge in [-0.1, -0.05) is 0 Å². The van der Waals surface area contributed by atoms with E-state index < -0.39 is 30.0 Å². The standard InChI is InChI=1S/C21H33NO10/c1-5-29-18(23)7-8-20(25)31-16-17(15-22(11-13-27-3)12-14-28-4)32-21(26)10-9-19(24)30-6-2/h7-10,17H,5-6,11-16H2,1-4H3/b8-7+,10-9+. The molecule has 0 aromatic carbocycles. The Morgan fingerprint density at radius 2 is 1.16 bits per heavy atom. The zero-order chi connectivity index (χ0) is 24.2. The van der Waals surface area contributed by atoms with Gasteiger partial charge >= 0.3 is 23.9 Å². The first-order chi connectivity index (χ1) is 15.4. The molecule has 0 heterocycles. The Kier molecular flexibility index (Phi) is 17.3. The van der Waals surface area contributed by atoms with Crippen LogP contribution in [0.15, 0.2) is 24.3 Å². The van der Waals surface area contributed by atoms with Crippen molar-refractivity contribution >= 4 is 23.9 Å². The monoisotopic (exact) mass is 459 g/mol. The third-order valence-corrected chi connectivity index (χ3v) is 3.66. The van der Waals surface area contributed by atoms with Gasteiger partial charge in [-0.25, -0.2) is 19.2 Å². The maximum atomic E-state index is 12.1. The van der Waals surface area contributed by atoms with E-state index >= 15 is 0 Å². The Morgan fingerprint density at radius 3 is 1.59 bits per heavy atom. The molecule has 0 aromatic heterocycles. The molecule has 0 aliphatic rings. The smallest absolute Gasteiger partial charge is 0.331 e. The van der Waals surface area contributed by atoms with E-state index in [0.717, 1.165) is 24.3 Å². The van der Waals surface area contributed by atoms with Crippen molar-refractivity contribution in [1.29, 1.82) is 0 Å². The van der Waals surface area contributed by atoms with Gasteiger partial charge in [0.05, 0.1) is 26.4 Å². The maximum absolute atomic E-state index is 12.1. The van der Waals surface area contributed by atoms with Crippen LogP contribution < -0.4 is 0 Å². The number of carbonyl (C=O) groups is 4. The first kappa shape index (κ1) is 29.2. The summed E-state index contributed by atoms with van der Waals surface area (Å²) in [7, 11) is 3.12. The van der Waals surface area contributed by atoms with Crippen molar-refractivity contribution < 1.29 is 47.6 Å². The molecule has 0 rings (SSSR count). The molecule has 0 aromatic rings. The lowest BCUT2D eigenvalue weighted by molar-refractivity contribution is -0.154. The van der Waals surface area contributed by atoms with Gasteiger partial charge in [-0.05, 0) is 13.8 Å². The fraction of sp³-hybridized carbons (Fsp3) is 0.619. The van der Waals surface area contributed by atoms with Crippen molar-refractivity contribution in [3.05, 3.63) is 24.3 Å². The molecule has 1 atom stereocenters. The van der Waals surface area contributed by atoms with Crippen LogP contribution in [0.3, 0.4) is 0 Å². The molecule has 0 saturated carbocycles. The van der Waals surface area contributed by atoms with E-state index in [9.17, 15) is 19.2 Å². The van der Waals surface area contributed by atoms with Crippen molar-refractivity contribution in [2.24, 2.45) is 0 Å². The second kappa shape index (κ2) is 19.0. The molecule has 0 aliphatic carbocycles. The van der Waals surface area contributed by atoms with Crippen LogP contribution in [0.25, 0.3) is 0 Å². The van der Waals surface area contributed by atoms with Gasteiger partial charge in [0.25, 0.3) is 0 Å². The number of esters is 4. The minimum atomic E-state index is -0.858. The van der Waals surface area contributed by atoms with Gasteiger partial charge in [-0.2, -0.15) is 0 Å². The minimum Gasteiger partial charge on any atom is -0.463 e. The van der Waals surface area contributed by atoms with E-state index in [0.29, 0.717) is 26.3 Å². The summed E-state index contributed by atoms with van der Waals surface area (Å²) in [6, 6.07) is 0. The molecule has 0 amide bonds. The summed E-state index contributed by atoms with van der Waals surface area (Å²) < 4.78 is 30.0. The quantitative estimate of drug-likeness (QED) is 0.169. The van der Waals surface area contributed by atoms with Crippen molar-refractivity contribution in [2.75, 3.05) is 66.9 Å². The highest BCUT2D eigenvalue weighted by molar-refractivity contribution is 5.92. The average molecular weight is 459 g/mol. The largest absolute Gasteiger partial charge is 0.463 e. The summed E-state index contributed by atoms with van der Waals surface area (Å²) in [5.74, 6) is -2.97. The Hall–Kier alpha value is -2.76. The van der Waals surface area contributed by atoms with E-state index in [1.54, 1.807) is 28.1 Å². The highest BCUT2D eigenvalue weighted by Gasteiger charge is 2.20. The molecule has 11 heteroatoms. The summed E-state index contributed by atoms with van der Waals surface area (Å²) in [4.78, 5) is 48.5. The second-order valence-corrected chi connectivity index (χ2v) is 6.15. The van der Waals surface area contributed by atoms with E-state index in [4.69, 9.17) is 23.7 Å². The summed E-state index contributed by atoms with van der Waals surface area (Å²) in [6.45, 7) is 5.44. The highest BCUT2D eigenvalue weighted by atomic mass is 16.6. The SMILES string of the molecule is CCOC(=O)/C=C/C(=O)OCC(CN(CCOC)CCOC)OC(=O)/C=C/C(=O)OCC. The molecule has 1 unspecified atom stereocenters. The van der Waals surface area contributed by atoms with E-state index in [1.165, 1.54) is 0 Å². The van der Waals surface area contributed by atoms with Crippen LogP contribution in [0.4, 0.5) is 0 Å². The van der Waals surface area contributed by atoms with Crippen LogP contribution in [0.5, 0.6) is 0 Å². The van der Waals surface area contributed by atoms with Crippen LogP contribution >= 0.6 is 0 Å². The van der Waals surface area contributed by atoms with Crippen LogP contribution in [0.1, 0.15) is 13.8 Å². The number of hydrogen-bond donors (Lipinski definition) is 0. The lowest BCUT2D eigenvalue weighted by Crippen LogP contribution is -2.41. The van der Waals surface area contributed by atoms with E-state index in [1.807, 2.05) is 4.90 Å². The molecule has 11 nitrogen and oxygen atoms in total. The topological polar surface area (TPSA) is 127 Å². The zero-order valence-electron chi connectivity index (χ0n) is 19.1. The average Bonchev–Trinajstić information content (AvgIpc) is 2.76. The summed E-state index contributed by atoms with van der Waals surface area (Å²) >= 11 is 0. The summed E-state index contributed by atoms with van der Waals surface area (Å²) in [5, 5.41) is 0. The molecule has 0 spiro atoms. The molecule has 0 saturated heterocycles. The molecular weight excluding hydrogens is 426 g/mol. The summed E-state index contributed by atoms with van der Waals surface area (Å²) in [6.07, 6.45) is 2.89. The van der Waals surface area contributed by atoms with Gasteiger partial charge in [0.1, 0.15) is 12.7 Å². The Labute approximate surface area is 188 Å². The maximum Gasteiger partial charge on any atom is 0.331 e. The van der Waals surface area contributed by atoms with Crippen molar-refractivity contribution in [1.82, 2.24) is 4.90 Å². The first-order valence-corrected chi connectivity index (χ1v) is 10.1. The molecule has 0 bridgehead atoms. The molecule has 0 N–H and O–H groups in total. The van der Waals surface area contributed by atoms with Crippen LogP contribution in [0.2, 0.25) is 0 Å². The van der Waals surface area contributed by atoms with Gasteiger partial charge in [0, 0.05) is 58.2 Å². The zero-order valence-corrected chi connectivity index (χ0v) is 19.1. The highest BCUT2D eigenvalue weighted by Crippen LogP contribution is 2.03. The van der Waals surface area contributed by atoms with Crippen molar-refractivity contribution in [3.8, 4) is 0 Å². The number of rotatable bonds is 17. The lowest BCUT2D eigenvalue weighted by Gasteiger charge is -2.26. The number of nitrogens with zero attached hydrogens (tertiary/aromatic N) is 1. The molecule has 182 valence electrons. The molecule has 0 fully saturated rings. The third kappa shape index (κ3) is 16.0. The third-order valence-electron chi connectivity index (χ3n) is 3.66. The van der Waals surface area contributed by atoms with Gasteiger partial charge in [0.15, 0.2) is 0 Å². The Bertz CT molecular complexity index is 624. The first-order valence-electron chi connectivity index (χ1n) is 10.1. The van der Waals surface area contributed by atoms with Crippen LogP contribution in [0, 0.1) is 0 Å². The molecular formula is C21H33NO10. The molecule has 0 radical (unpaired) electrons. The number of ether oxygens (including phenoxy) is 6. The van der Waals surface area contributed by atoms with Gasteiger partial charge < -0.3 is 28.4 Å². The normalized spacial score (nSPS) is 12.2. The fourth-order valence-corrected chi connectivity index (χ4v) is 2.23. The predicted octanol–water partition coefficient (Wildman–Crippen LogP) is 0.275. The van der Waals surface area contributed by atoms with E-state index in [-0.39, 0.29) is 26.4 Å². The second-order valence-electron chi connectivity index (χ2n) is 6.15. The summed E-state index contributed by atoms with van der Waals surface area (Å²) in [5.41, 5.74) is 0. The van der Waals surface area contributed by atoms with Gasteiger partial charge in [0.2, 0.25) is 0 Å². The van der Waals surface area contributed by atoms with Crippen LogP contribution in [-0.2, 0) is 47.6 Å². The minimum absolute atomic E-state index is 0.171. The van der Waals surface area contributed by atoms with Crippen LogP contribution in [-0.4, -0.2) is 102 Å².